The Kier molecular flexibility index (Phi) is 6.37. The number of nitrogens with zero attached hydrogens (tertiary/aromatic N) is 1. The van der Waals surface area contributed by atoms with Crippen LogP contribution in [0.15, 0.2) is 35.7 Å². The van der Waals surface area contributed by atoms with Crippen molar-refractivity contribution >= 4 is 46.0 Å². The standard InChI is InChI=1S/C20H25ClN2S2/c1-14-17(21)10-6-11-18(14)22-20(24)23(16-8-4-3-5-9-16)15(2)19-12-7-13-25-19/h6-7,10-13,15-16H,3-5,8-9H2,1-2H3,(H,22,24). The first kappa shape index (κ1) is 18.7. The second kappa shape index (κ2) is 8.52. The molecule has 2 nitrogen and oxygen atoms in total. The van der Waals surface area contributed by atoms with Crippen molar-refractivity contribution in [1.29, 1.82) is 0 Å². The molecule has 1 aromatic carbocycles. The number of anilines is 1. The Labute approximate surface area is 165 Å². The molecule has 3 rings (SSSR count). The molecule has 25 heavy (non-hydrogen) atoms. The van der Waals surface area contributed by atoms with E-state index in [0.717, 1.165) is 21.4 Å². The fourth-order valence-corrected chi connectivity index (χ4v) is 4.98. The van der Waals surface area contributed by atoms with Gasteiger partial charge < -0.3 is 10.2 Å². The average Bonchev–Trinajstić information content (AvgIpc) is 3.15. The van der Waals surface area contributed by atoms with Gasteiger partial charge >= 0.3 is 0 Å². The lowest BCUT2D eigenvalue weighted by Gasteiger charge is -2.40. The molecular weight excluding hydrogens is 368 g/mol. The third kappa shape index (κ3) is 4.36. The SMILES string of the molecule is Cc1c(Cl)cccc1NC(=S)N(C1CCCCC1)C(C)c1cccs1. The van der Waals surface area contributed by atoms with Crippen LogP contribution >= 0.6 is 35.2 Å². The third-order valence-electron chi connectivity index (χ3n) is 5.08. The topological polar surface area (TPSA) is 15.3 Å². The Morgan fingerprint density at radius 2 is 2.00 bits per heavy atom. The number of nitrogens with one attached hydrogen (secondary N) is 1. The highest BCUT2D eigenvalue weighted by atomic mass is 35.5. The van der Waals surface area contributed by atoms with Crippen molar-refractivity contribution in [3.63, 3.8) is 0 Å². The summed E-state index contributed by atoms with van der Waals surface area (Å²) in [6.45, 7) is 4.29. The summed E-state index contributed by atoms with van der Waals surface area (Å²) in [5, 5.41) is 7.18. The molecule has 5 heteroatoms. The molecule has 134 valence electrons. The minimum absolute atomic E-state index is 0.280. The fraction of sp³-hybridized carbons (Fsp3) is 0.450. The molecule has 1 saturated carbocycles. The number of thiocarbonyl (C=S) groups is 1. The number of rotatable bonds is 4. The molecule has 1 atom stereocenters. The van der Waals surface area contributed by atoms with Gasteiger partial charge in [-0.2, -0.15) is 0 Å². The quantitative estimate of drug-likeness (QED) is 0.575. The van der Waals surface area contributed by atoms with E-state index in [1.807, 2.05) is 25.1 Å². The second-order valence-electron chi connectivity index (χ2n) is 6.73. The molecule has 0 radical (unpaired) electrons. The van der Waals surface area contributed by atoms with E-state index in [2.05, 4.69) is 34.7 Å². The van der Waals surface area contributed by atoms with Crippen LogP contribution in [0.5, 0.6) is 0 Å². The molecule has 0 bridgehead atoms. The minimum Gasteiger partial charge on any atom is -0.338 e. The van der Waals surface area contributed by atoms with Gasteiger partial charge in [0.05, 0.1) is 6.04 Å². The summed E-state index contributed by atoms with van der Waals surface area (Å²) in [6, 6.07) is 11.0. The average molecular weight is 393 g/mol. The Bertz CT molecular complexity index is 708. The monoisotopic (exact) mass is 392 g/mol. The van der Waals surface area contributed by atoms with Crippen LogP contribution in [-0.2, 0) is 0 Å². The molecule has 0 aliphatic heterocycles. The molecule has 1 unspecified atom stereocenters. The van der Waals surface area contributed by atoms with Crippen LogP contribution in [0.1, 0.15) is 55.5 Å². The molecule has 1 heterocycles. The van der Waals surface area contributed by atoms with Crippen LogP contribution < -0.4 is 5.32 Å². The molecule has 1 N–H and O–H groups in total. The van der Waals surface area contributed by atoms with E-state index in [0.29, 0.717) is 6.04 Å². The zero-order valence-electron chi connectivity index (χ0n) is 14.8. The van der Waals surface area contributed by atoms with Gasteiger partial charge in [0.25, 0.3) is 0 Å². The zero-order valence-corrected chi connectivity index (χ0v) is 17.2. The summed E-state index contributed by atoms with van der Waals surface area (Å²) in [7, 11) is 0. The fourth-order valence-electron chi connectivity index (χ4n) is 3.61. The molecule has 1 aliphatic rings. The van der Waals surface area contributed by atoms with Crippen LogP contribution in [0.4, 0.5) is 5.69 Å². The van der Waals surface area contributed by atoms with Gasteiger partial charge in [-0.3, -0.25) is 0 Å². The van der Waals surface area contributed by atoms with E-state index < -0.39 is 0 Å². The smallest absolute Gasteiger partial charge is 0.174 e. The lowest BCUT2D eigenvalue weighted by atomic mass is 9.93. The molecule has 1 aromatic heterocycles. The number of hydrogen-bond acceptors (Lipinski definition) is 2. The summed E-state index contributed by atoms with van der Waals surface area (Å²) in [4.78, 5) is 3.78. The zero-order chi connectivity index (χ0) is 17.8. The number of halogens is 1. The van der Waals surface area contributed by atoms with Gasteiger partial charge in [-0.15, -0.1) is 11.3 Å². The summed E-state index contributed by atoms with van der Waals surface area (Å²) in [6.07, 6.45) is 6.34. The van der Waals surface area contributed by atoms with Crippen molar-refractivity contribution in [2.75, 3.05) is 5.32 Å². The maximum atomic E-state index is 6.27. The van der Waals surface area contributed by atoms with Crippen molar-refractivity contribution in [2.45, 2.75) is 58.0 Å². The summed E-state index contributed by atoms with van der Waals surface area (Å²) >= 11 is 13.9. The Morgan fingerprint density at radius 3 is 2.68 bits per heavy atom. The summed E-state index contributed by atoms with van der Waals surface area (Å²) in [5.74, 6) is 0. The van der Waals surface area contributed by atoms with Gasteiger partial charge in [0, 0.05) is 21.6 Å². The maximum Gasteiger partial charge on any atom is 0.174 e. The number of benzene rings is 1. The first-order valence-corrected chi connectivity index (χ1v) is 10.6. The van der Waals surface area contributed by atoms with E-state index in [-0.39, 0.29) is 6.04 Å². The highest BCUT2D eigenvalue weighted by Gasteiger charge is 2.29. The van der Waals surface area contributed by atoms with Crippen LogP contribution in [0.3, 0.4) is 0 Å². The third-order valence-corrected chi connectivity index (χ3v) is 6.85. The van der Waals surface area contributed by atoms with Gasteiger partial charge in [0.2, 0.25) is 0 Å². The molecule has 1 aliphatic carbocycles. The van der Waals surface area contributed by atoms with Crippen molar-refractivity contribution < 1.29 is 0 Å². The van der Waals surface area contributed by atoms with Crippen LogP contribution in [0.25, 0.3) is 0 Å². The van der Waals surface area contributed by atoms with Gasteiger partial charge in [0.15, 0.2) is 5.11 Å². The molecule has 0 amide bonds. The predicted octanol–water partition coefficient (Wildman–Crippen LogP) is 6.80. The Hall–Kier alpha value is -1.10. The predicted molar refractivity (Wildman–Crippen MR) is 114 cm³/mol. The molecule has 0 spiro atoms. The van der Waals surface area contributed by atoms with Crippen molar-refractivity contribution in [1.82, 2.24) is 4.90 Å². The summed E-state index contributed by atoms with van der Waals surface area (Å²) < 4.78 is 0. The largest absolute Gasteiger partial charge is 0.338 e. The highest BCUT2D eigenvalue weighted by Crippen LogP contribution is 2.33. The van der Waals surface area contributed by atoms with Gasteiger partial charge in [0.1, 0.15) is 0 Å². The molecule has 1 fully saturated rings. The second-order valence-corrected chi connectivity index (χ2v) is 8.51. The van der Waals surface area contributed by atoms with Gasteiger partial charge in [-0.05, 0) is 68.0 Å². The van der Waals surface area contributed by atoms with Crippen LogP contribution in [-0.4, -0.2) is 16.1 Å². The maximum absolute atomic E-state index is 6.27. The number of thiophene rings is 1. The molecule has 0 saturated heterocycles. The molecule has 2 aromatic rings. The van der Waals surface area contributed by atoms with E-state index in [9.17, 15) is 0 Å². The Balaban J connectivity index is 1.85. The van der Waals surface area contributed by atoms with Crippen molar-refractivity contribution in [3.05, 3.63) is 51.2 Å². The lowest BCUT2D eigenvalue weighted by molar-refractivity contribution is 0.205. The Morgan fingerprint density at radius 1 is 1.24 bits per heavy atom. The lowest BCUT2D eigenvalue weighted by Crippen LogP contribution is -2.45. The minimum atomic E-state index is 0.280. The van der Waals surface area contributed by atoms with E-state index in [4.69, 9.17) is 23.8 Å². The van der Waals surface area contributed by atoms with E-state index >= 15 is 0 Å². The first-order chi connectivity index (χ1) is 12.1. The normalized spacial score (nSPS) is 16.4. The number of hydrogen-bond donors (Lipinski definition) is 1. The van der Waals surface area contributed by atoms with Crippen LogP contribution in [0.2, 0.25) is 5.02 Å². The van der Waals surface area contributed by atoms with Crippen LogP contribution in [0, 0.1) is 6.92 Å². The first-order valence-electron chi connectivity index (χ1n) is 8.95. The summed E-state index contributed by atoms with van der Waals surface area (Å²) in [5.41, 5.74) is 2.04. The van der Waals surface area contributed by atoms with E-state index in [1.165, 1.54) is 37.0 Å². The van der Waals surface area contributed by atoms with Crippen molar-refractivity contribution in [2.24, 2.45) is 0 Å². The molecular formula is C20H25ClN2S2. The van der Waals surface area contributed by atoms with Gasteiger partial charge in [-0.1, -0.05) is 43.0 Å². The highest BCUT2D eigenvalue weighted by molar-refractivity contribution is 7.80. The van der Waals surface area contributed by atoms with Crippen molar-refractivity contribution in [3.8, 4) is 0 Å². The van der Waals surface area contributed by atoms with E-state index in [1.54, 1.807) is 11.3 Å². The van der Waals surface area contributed by atoms with Gasteiger partial charge in [-0.25, -0.2) is 0 Å².